The van der Waals surface area contributed by atoms with E-state index in [-0.39, 0.29) is 5.41 Å². The molecule has 0 bridgehead atoms. The average Bonchev–Trinajstić information content (AvgIpc) is 2.73. The molecule has 1 aromatic rings. The van der Waals surface area contributed by atoms with Crippen molar-refractivity contribution in [2.75, 3.05) is 6.54 Å². The highest BCUT2D eigenvalue weighted by Gasteiger charge is 2.17. The summed E-state index contributed by atoms with van der Waals surface area (Å²) in [7, 11) is 0. The molecule has 0 spiro atoms. The van der Waals surface area contributed by atoms with E-state index in [4.69, 9.17) is 0 Å². The van der Waals surface area contributed by atoms with Crippen molar-refractivity contribution >= 4 is 17.3 Å². The lowest BCUT2D eigenvalue weighted by Gasteiger charge is -2.14. The van der Waals surface area contributed by atoms with E-state index in [1.165, 1.54) is 5.01 Å². The topological polar surface area (TPSA) is 49.3 Å². The number of nitrogens with one attached hydrogen (secondary N) is 2. The Bertz CT molecular complexity index is 415. The fourth-order valence-electron chi connectivity index (χ4n) is 1.48. The minimum absolute atomic E-state index is 0.118. The first-order valence-corrected chi connectivity index (χ1v) is 7.70. The minimum atomic E-state index is 0.118. The largest absolute Gasteiger partial charge is 0.357 e. The molecule has 0 unspecified atom stereocenters. The normalized spacial score (nSPS) is 12.9. The van der Waals surface area contributed by atoms with Crippen molar-refractivity contribution in [2.24, 2.45) is 4.99 Å². The van der Waals surface area contributed by atoms with Gasteiger partial charge in [-0.25, -0.2) is 9.98 Å². The molecule has 0 aliphatic heterocycles. The van der Waals surface area contributed by atoms with Crippen molar-refractivity contribution in [1.29, 1.82) is 0 Å². The van der Waals surface area contributed by atoms with Gasteiger partial charge in [-0.3, -0.25) is 0 Å². The third-order valence-corrected chi connectivity index (χ3v) is 3.68. The summed E-state index contributed by atoms with van der Waals surface area (Å²) in [6, 6.07) is 0.373. The fraction of sp³-hybridized carbons (Fsp3) is 0.714. The van der Waals surface area contributed by atoms with Crippen molar-refractivity contribution < 1.29 is 0 Å². The standard InChI is InChI=1S/C14H26N4S/c1-7-15-13(17-10(2)3)16-8-11-9-19-12(18-11)14(4,5)6/h9-10H,7-8H2,1-6H3,(H2,15,16,17). The summed E-state index contributed by atoms with van der Waals surface area (Å²) in [6.45, 7) is 14.3. The zero-order chi connectivity index (χ0) is 14.5. The molecule has 5 heteroatoms. The second-order valence-corrected chi connectivity index (χ2v) is 6.75. The molecular formula is C14H26N4S. The lowest BCUT2D eigenvalue weighted by atomic mass is 9.98. The number of hydrogen-bond acceptors (Lipinski definition) is 3. The maximum absolute atomic E-state index is 4.65. The van der Waals surface area contributed by atoms with Crippen LogP contribution in [0.1, 0.15) is 52.2 Å². The van der Waals surface area contributed by atoms with Crippen molar-refractivity contribution in [3.05, 3.63) is 16.1 Å². The van der Waals surface area contributed by atoms with Crippen LogP contribution >= 0.6 is 11.3 Å². The van der Waals surface area contributed by atoms with E-state index in [9.17, 15) is 0 Å². The third kappa shape index (κ3) is 5.59. The molecular weight excluding hydrogens is 256 g/mol. The van der Waals surface area contributed by atoms with Crippen LogP contribution in [0.4, 0.5) is 0 Å². The Kier molecular flexibility index (Phi) is 5.79. The molecule has 4 nitrogen and oxygen atoms in total. The summed E-state index contributed by atoms with van der Waals surface area (Å²) in [5, 5.41) is 9.80. The van der Waals surface area contributed by atoms with E-state index < -0.39 is 0 Å². The van der Waals surface area contributed by atoms with Crippen molar-refractivity contribution in [3.63, 3.8) is 0 Å². The molecule has 0 saturated carbocycles. The number of aliphatic imine (C=N–C) groups is 1. The molecule has 108 valence electrons. The maximum Gasteiger partial charge on any atom is 0.191 e. The van der Waals surface area contributed by atoms with Crippen LogP contribution in [0, 0.1) is 0 Å². The van der Waals surface area contributed by atoms with Gasteiger partial charge in [-0.2, -0.15) is 0 Å². The van der Waals surface area contributed by atoms with Crippen LogP contribution in [0.25, 0.3) is 0 Å². The first-order chi connectivity index (χ1) is 8.82. The molecule has 0 saturated heterocycles. The minimum Gasteiger partial charge on any atom is -0.357 e. The predicted molar refractivity (Wildman–Crippen MR) is 83.9 cm³/mol. The molecule has 0 aliphatic carbocycles. The first kappa shape index (κ1) is 16.0. The summed E-state index contributed by atoms with van der Waals surface area (Å²) < 4.78 is 0. The predicted octanol–water partition coefficient (Wildman–Crippen LogP) is 2.90. The number of hydrogen-bond donors (Lipinski definition) is 2. The first-order valence-electron chi connectivity index (χ1n) is 6.82. The van der Waals surface area contributed by atoms with Crippen molar-refractivity contribution in [1.82, 2.24) is 15.6 Å². The van der Waals surface area contributed by atoms with Gasteiger partial charge in [0.2, 0.25) is 0 Å². The van der Waals surface area contributed by atoms with Gasteiger partial charge in [-0.05, 0) is 20.8 Å². The molecule has 1 aromatic heterocycles. The summed E-state index contributed by atoms with van der Waals surface area (Å²) in [5.41, 5.74) is 1.16. The smallest absolute Gasteiger partial charge is 0.191 e. The van der Waals surface area contributed by atoms with Crippen LogP contribution in [-0.2, 0) is 12.0 Å². The average molecular weight is 282 g/mol. The molecule has 0 radical (unpaired) electrons. The Morgan fingerprint density at radius 3 is 2.58 bits per heavy atom. The van der Waals surface area contributed by atoms with Crippen LogP contribution < -0.4 is 10.6 Å². The second-order valence-electron chi connectivity index (χ2n) is 5.89. The number of nitrogens with zero attached hydrogens (tertiary/aromatic N) is 2. The summed E-state index contributed by atoms with van der Waals surface area (Å²) in [6.07, 6.45) is 0. The number of thiazole rings is 1. The van der Waals surface area contributed by atoms with Crippen LogP contribution in [0.3, 0.4) is 0 Å². The highest BCUT2D eigenvalue weighted by atomic mass is 32.1. The second kappa shape index (κ2) is 6.89. The van der Waals surface area contributed by atoms with Crippen molar-refractivity contribution in [3.8, 4) is 0 Å². The van der Waals surface area contributed by atoms with Gasteiger partial charge in [0.15, 0.2) is 5.96 Å². The maximum atomic E-state index is 4.65. The summed E-state index contributed by atoms with van der Waals surface area (Å²) in [5.74, 6) is 0.850. The lowest BCUT2D eigenvalue weighted by molar-refractivity contribution is 0.583. The highest BCUT2D eigenvalue weighted by Crippen LogP contribution is 2.25. The van der Waals surface area contributed by atoms with Crippen LogP contribution in [-0.4, -0.2) is 23.5 Å². The Labute approximate surface area is 120 Å². The number of rotatable bonds is 4. The van der Waals surface area contributed by atoms with Crippen molar-refractivity contribution in [2.45, 2.75) is 59.5 Å². The van der Waals surface area contributed by atoms with Gasteiger partial charge in [0.1, 0.15) is 0 Å². The molecule has 0 amide bonds. The van der Waals surface area contributed by atoms with Gasteiger partial charge >= 0.3 is 0 Å². The van der Waals surface area contributed by atoms with Gasteiger partial charge < -0.3 is 10.6 Å². The van der Waals surface area contributed by atoms with Crippen LogP contribution in [0.2, 0.25) is 0 Å². The molecule has 0 atom stereocenters. The Morgan fingerprint density at radius 2 is 2.11 bits per heavy atom. The number of guanidine groups is 1. The number of aromatic nitrogens is 1. The van der Waals surface area contributed by atoms with Gasteiger partial charge in [0.25, 0.3) is 0 Å². The van der Waals surface area contributed by atoms with Gasteiger partial charge in [-0.15, -0.1) is 11.3 Å². The van der Waals surface area contributed by atoms with E-state index in [0.717, 1.165) is 18.2 Å². The molecule has 1 rings (SSSR count). The lowest BCUT2D eigenvalue weighted by Crippen LogP contribution is -2.41. The van der Waals surface area contributed by atoms with Crippen LogP contribution in [0.5, 0.6) is 0 Å². The summed E-state index contributed by atoms with van der Waals surface area (Å²) >= 11 is 1.71. The molecule has 19 heavy (non-hydrogen) atoms. The highest BCUT2D eigenvalue weighted by molar-refractivity contribution is 7.09. The SMILES string of the molecule is CCNC(=NCc1csc(C(C)(C)C)n1)NC(C)C. The summed E-state index contributed by atoms with van der Waals surface area (Å²) in [4.78, 5) is 9.21. The van der Waals surface area contributed by atoms with Gasteiger partial charge in [-0.1, -0.05) is 20.8 Å². The van der Waals surface area contributed by atoms with Gasteiger partial charge in [0, 0.05) is 23.4 Å². The molecule has 0 aromatic carbocycles. The van der Waals surface area contributed by atoms with E-state index in [2.05, 4.69) is 67.5 Å². The molecule has 0 fully saturated rings. The Balaban J connectivity index is 2.69. The van der Waals surface area contributed by atoms with E-state index >= 15 is 0 Å². The molecule has 2 N–H and O–H groups in total. The van der Waals surface area contributed by atoms with E-state index in [1.807, 2.05) is 0 Å². The van der Waals surface area contributed by atoms with E-state index in [0.29, 0.717) is 12.6 Å². The van der Waals surface area contributed by atoms with Gasteiger partial charge in [0.05, 0.1) is 17.2 Å². The fourth-order valence-corrected chi connectivity index (χ4v) is 2.38. The zero-order valence-electron chi connectivity index (χ0n) is 12.9. The third-order valence-electron chi connectivity index (χ3n) is 2.36. The quantitative estimate of drug-likeness (QED) is 0.659. The van der Waals surface area contributed by atoms with Crippen LogP contribution in [0.15, 0.2) is 10.4 Å². The molecule has 0 aliphatic rings. The zero-order valence-corrected chi connectivity index (χ0v) is 13.7. The Hall–Kier alpha value is -1.10. The Morgan fingerprint density at radius 1 is 1.42 bits per heavy atom. The van der Waals surface area contributed by atoms with E-state index in [1.54, 1.807) is 11.3 Å². The molecule has 1 heterocycles. The monoisotopic (exact) mass is 282 g/mol.